The first-order valence-corrected chi connectivity index (χ1v) is 8.51. The van der Waals surface area contributed by atoms with E-state index in [4.69, 9.17) is 37.4 Å². The topological polar surface area (TPSA) is 39.7 Å². The van der Waals surface area contributed by atoms with E-state index >= 15 is 0 Å². The van der Waals surface area contributed by atoms with E-state index in [0.29, 0.717) is 34.7 Å². The third kappa shape index (κ3) is 5.16. The molecule has 0 aliphatic carbocycles. The van der Waals surface area contributed by atoms with Gasteiger partial charge in [-0.3, -0.25) is 0 Å². The van der Waals surface area contributed by atoms with Crippen molar-refractivity contribution in [1.82, 2.24) is 5.32 Å². The predicted molar refractivity (Wildman–Crippen MR) is 103 cm³/mol. The fraction of sp³-hybridized carbons (Fsp3) is 0.333. The third-order valence-electron chi connectivity index (χ3n) is 3.87. The predicted octanol–water partition coefficient (Wildman–Crippen LogP) is 4.53. The zero-order chi connectivity index (χ0) is 16.9. The maximum atomic E-state index is 6.27. The first kappa shape index (κ1) is 20.1. The van der Waals surface area contributed by atoms with E-state index < -0.39 is 0 Å². The van der Waals surface area contributed by atoms with Gasteiger partial charge in [-0.05, 0) is 29.8 Å². The van der Waals surface area contributed by atoms with E-state index in [1.807, 2.05) is 24.3 Å². The van der Waals surface area contributed by atoms with Crippen LogP contribution in [0.5, 0.6) is 11.5 Å². The number of methoxy groups -OCH3 is 1. The van der Waals surface area contributed by atoms with E-state index in [1.165, 1.54) is 0 Å². The van der Waals surface area contributed by atoms with Crippen molar-refractivity contribution in [3.8, 4) is 11.5 Å². The van der Waals surface area contributed by atoms with Crippen LogP contribution in [0, 0.1) is 0 Å². The average molecular weight is 405 g/mol. The van der Waals surface area contributed by atoms with Gasteiger partial charge in [0.25, 0.3) is 0 Å². The summed E-state index contributed by atoms with van der Waals surface area (Å²) in [5.41, 5.74) is 0.991. The van der Waals surface area contributed by atoms with Gasteiger partial charge in [0, 0.05) is 29.2 Å². The van der Waals surface area contributed by atoms with Crippen molar-refractivity contribution in [2.45, 2.75) is 12.2 Å². The molecule has 1 aliphatic rings. The van der Waals surface area contributed by atoms with Crippen LogP contribution >= 0.6 is 35.6 Å². The van der Waals surface area contributed by atoms with Crippen LogP contribution < -0.4 is 14.8 Å². The molecule has 1 N–H and O–H groups in total. The molecule has 3 rings (SSSR count). The van der Waals surface area contributed by atoms with Crippen LogP contribution in [0.25, 0.3) is 0 Å². The normalized spacial score (nSPS) is 18.1. The maximum absolute atomic E-state index is 6.27. The second-order valence-corrected chi connectivity index (χ2v) is 6.37. The first-order valence-electron chi connectivity index (χ1n) is 7.75. The van der Waals surface area contributed by atoms with E-state index in [0.717, 1.165) is 12.1 Å². The van der Waals surface area contributed by atoms with Gasteiger partial charge in [-0.2, -0.15) is 0 Å². The molecule has 136 valence electrons. The van der Waals surface area contributed by atoms with E-state index in [-0.39, 0.29) is 24.6 Å². The molecule has 0 saturated carbocycles. The highest BCUT2D eigenvalue weighted by atomic mass is 35.5. The number of rotatable bonds is 5. The van der Waals surface area contributed by atoms with Gasteiger partial charge < -0.3 is 19.5 Å². The van der Waals surface area contributed by atoms with Gasteiger partial charge in [0.1, 0.15) is 6.10 Å². The van der Waals surface area contributed by atoms with Gasteiger partial charge in [0.05, 0.1) is 13.7 Å². The molecular weight excluding hydrogens is 385 g/mol. The SMILES string of the molecule is COc1cc(Cl)ccc1O[C@@H](c1ccc(Cl)cc1)[C@@H]1CNCCO1.Cl. The second-order valence-electron chi connectivity index (χ2n) is 5.50. The van der Waals surface area contributed by atoms with Crippen molar-refractivity contribution in [1.29, 1.82) is 0 Å². The van der Waals surface area contributed by atoms with Gasteiger partial charge in [-0.1, -0.05) is 35.3 Å². The lowest BCUT2D eigenvalue weighted by Crippen LogP contribution is -2.43. The maximum Gasteiger partial charge on any atom is 0.162 e. The van der Waals surface area contributed by atoms with Crippen molar-refractivity contribution < 1.29 is 14.2 Å². The van der Waals surface area contributed by atoms with Crippen molar-refractivity contribution in [2.24, 2.45) is 0 Å². The average Bonchev–Trinajstić information content (AvgIpc) is 2.62. The molecule has 1 fully saturated rings. The molecule has 0 aromatic heterocycles. The van der Waals surface area contributed by atoms with E-state index in [1.54, 1.807) is 25.3 Å². The summed E-state index contributed by atoms with van der Waals surface area (Å²) < 4.78 is 17.6. The smallest absolute Gasteiger partial charge is 0.162 e. The zero-order valence-electron chi connectivity index (χ0n) is 13.7. The monoisotopic (exact) mass is 403 g/mol. The Kier molecular flexibility index (Phi) is 7.66. The van der Waals surface area contributed by atoms with E-state index in [9.17, 15) is 0 Å². The summed E-state index contributed by atoms with van der Waals surface area (Å²) in [6.45, 7) is 2.20. The molecule has 0 radical (unpaired) electrons. The van der Waals surface area contributed by atoms with Gasteiger partial charge >= 0.3 is 0 Å². The molecular formula is C18H20Cl3NO3. The first-order chi connectivity index (χ1) is 11.7. The van der Waals surface area contributed by atoms with Crippen LogP contribution in [0.2, 0.25) is 10.0 Å². The molecule has 0 bridgehead atoms. The summed E-state index contributed by atoms with van der Waals surface area (Å²) in [5, 5.41) is 4.62. The fourth-order valence-electron chi connectivity index (χ4n) is 2.67. The molecule has 1 heterocycles. The fourth-order valence-corrected chi connectivity index (χ4v) is 2.95. The Labute approximate surface area is 163 Å². The number of morpholine rings is 1. The number of ether oxygens (including phenoxy) is 3. The van der Waals surface area contributed by atoms with Gasteiger partial charge in [-0.25, -0.2) is 0 Å². The number of benzene rings is 2. The van der Waals surface area contributed by atoms with Crippen molar-refractivity contribution in [2.75, 3.05) is 26.8 Å². The molecule has 25 heavy (non-hydrogen) atoms. The summed E-state index contributed by atoms with van der Waals surface area (Å²) in [6, 6.07) is 12.9. The Bertz CT molecular complexity index is 676. The molecule has 7 heteroatoms. The highest BCUT2D eigenvalue weighted by Gasteiger charge is 2.28. The summed E-state index contributed by atoms with van der Waals surface area (Å²) in [7, 11) is 1.59. The highest BCUT2D eigenvalue weighted by Crippen LogP contribution is 2.35. The molecule has 1 aliphatic heterocycles. The molecule has 0 spiro atoms. The molecule has 2 aromatic carbocycles. The highest BCUT2D eigenvalue weighted by molar-refractivity contribution is 6.31. The Balaban J connectivity index is 0.00000225. The van der Waals surface area contributed by atoms with Crippen LogP contribution in [-0.2, 0) is 4.74 Å². The lowest BCUT2D eigenvalue weighted by Gasteiger charge is -2.32. The molecule has 2 atom stereocenters. The molecule has 0 unspecified atom stereocenters. The van der Waals surface area contributed by atoms with Gasteiger partial charge in [0.2, 0.25) is 0 Å². The summed E-state index contributed by atoms with van der Waals surface area (Å²) >= 11 is 12.0. The number of hydrogen-bond donors (Lipinski definition) is 1. The Morgan fingerprint density at radius 3 is 2.44 bits per heavy atom. The molecule has 0 amide bonds. The van der Waals surface area contributed by atoms with Crippen molar-refractivity contribution in [3.63, 3.8) is 0 Å². The van der Waals surface area contributed by atoms with Crippen LogP contribution in [0.1, 0.15) is 11.7 Å². The minimum Gasteiger partial charge on any atom is -0.493 e. The zero-order valence-corrected chi connectivity index (χ0v) is 16.0. The Morgan fingerprint density at radius 1 is 1.08 bits per heavy atom. The Hall–Kier alpha value is -1.17. The van der Waals surface area contributed by atoms with Crippen molar-refractivity contribution in [3.05, 3.63) is 58.1 Å². The number of hydrogen-bond acceptors (Lipinski definition) is 4. The summed E-state index contributed by atoms with van der Waals surface area (Å²) in [4.78, 5) is 0. The van der Waals surface area contributed by atoms with Crippen LogP contribution in [0.15, 0.2) is 42.5 Å². The lowest BCUT2D eigenvalue weighted by atomic mass is 10.0. The van der Waals surface area contributed by atoms with Gasteiger partial charge in [-0.15, -0.1) is 12.4 Å². The standard InChI is InChI=1S/C18H19Cl2NO3.ClH/c1-22-16-10-14(20)6-7-15(16)24-18(17-11-21-8-9-23-17)12-2-4-13(19)5-3-12;/h2-7,10,17-18,21H,8-9,11H2,1H3;1H/t17-,18-;/m0./s1. The molecule has 2 aromatic rings. The van der Waals surface area contributed by atoms with Crippen LogP contribution in [0.3, 0.4) is 0 Å². The van der Waals surface area contributed by atoms with Crippen molar-refractivity contribution >= 4 is 35.6 Å². The van der Waals surface area contributed by atoms with Crippen LogP contribution in [0.4, 0.5) is 0 Å². The minimum atomic E-state index is -0.287. The minimum absolute atomic E-state index is 0. The Morgan fingerprint density at radius 2 is 1.80 bits per heavy atom. The second kappa shape index (κ2) is 9.51. The molecule has 4 nitrogen and oxygen atoms in total. The largest absolute Gasteiger partial charge is 0.493 e. The lowest BCUT2D eigenvalue weighted by molar-refractivity contribution is -0.0438. The van der Waals surface area contributed by atoms with E-state index in [2.05, 4.69) is 5.32 Å². The quantitative estimate of drug-likeness (QED) is 0.794. The summed E-state index contributed by atoms with van der Waals surface area (Å²) in [5.74, 6) is 1.21. The summed E-state index contributed by atoms with van der Waals surface area (Å²) in [6.07, 6.45) is -0.398. The molecule has 1 saturated heterocycles. The number of nitrogens with one attached hydrogen (secondary N) is 1. The van der Waals surface area contributed by atoms with Gasteiger partial charge in [0.15, 0.2) is 17.6 Å². The number of halogens is 3. The third-order valence-corrected chi connectivity index (χ3v) is 4.36. The van der Waals surface area contributed by atoms with Crippen LogP contribution in [-0.4, -0.2) is 32.9 Å².